The normalized spacial score (nSPS) is 11.5. The first-order valence-electron chi connectivity index (χ1n) is 7.89. The summed E-state index contributed by atoms with van der Waals surface area (Å²) >= 11 is 0. The number of unbranched alkanes of at least 4 members (excludes halogenated alkanes) is 1. The highest BCUT2D eigenvalue weighted by Gasteiger charge is 2.32. The van der Waals surface area contributed by atoms with E-state index in [1.54, 1.807) is 19.5 Å². The van der Waals surface area contributed by atoms with Crippen molar-refractivity contribution in [2.24, 2.45) is 0 Å². The van der Waals surface area contributed by atoms with Crippen LogP contribution in [0.25, 0.3) is 0 Å². The van der Waals surface area contributed by atoms with Gasteiger partial charge in [-0.15, -0.1) is 0 Å². The van der Waals surface area contributed by atoms with Gasteiger partial charge in [-0.05, 0) is 24.9 Å². The number of carbonyl (C=O) groups excluding carboxylic acids is 1. The van der Waals surface area contributed by atoms with Gasteiger partial charge in [0, 0.05) is 20.8 Å². The second kappa shape index (κ2) is 9.83. The average molecular weight is 400 g/mol. The Kier molecular flexibility index (Phi) is 8.44. The third-order valence-corrected chi connectivity index (χ3v) is 7.68. The summed E-state index contributed by atoms with van der Waals surface area (Å²) in [5.41, 5.74) is -1.39. The largest absolute Gasteiger partial charge is 0.398 e. The molecular weight excluding hydrogens is 379 g/mol. The van der Waals surface area contributed by atoms with E-state index >= 15 is 0 Å². The van der Waals surface area contributed by atoms with Crippen molar-refractivity contribution in [3.05, 3.63) is 29.1 Å². The quantitative estimate of drug-likeness (QED) is 0.216. The topological polar surface area (TPSA) is 59.6 Å². The molecule has 0 unspecified atom stereocenters. The Hall–Kier alpha value is -1.72. The fourth-order valence-electron chi connectivity index (χ4n) is 2.35. The van der Waals surface area contributed by atoms with E-state index in [0.717, 1.165) is 6.04 Å². The molecule has 0 spiro atoms. The van der Waals surface area contributed by atoms with Crippen LogP contribution in [-0.4, -0.2) is 35.4 Å². The molecule has 1 rings (SSSR count). The number of amides is 2. The Morgan fingerprint density at radius 2 is 1.42 bits per heavy atom. The van der Waals surface area contributed by atoms with Crippen molar-refractivity contribution in [1.82, 2.24) is 5.32 Å². The summed E-state index contributed by atoms with van der Waals surface area (Å²) in [5, 5.41) is 3.93. The summed E-state index contributed by atoms with van der Waals surface area (Å²) in [4.78, 5) is 11.6. The van der Waals surface area contributed by atoms with Gasteiger partial charge in [-0.2, -0.15) is 0 Å². The maximum absolute atomic E-state index is 13.5. The molecule has 0 fully saturated rings. The summed E-state index contributed by atoms with van der Waals surface area (Å²) in [6, 6.07) is 0.372. The highest BCUT2D eigenvalue weighted by atomic mass is 28.4. The van der Waals surface area contributed by atoms with Crippen LogP contribution in [0.15, 0.2) is 0 Å². The van der Waals surface area contributed by atoms with E-state index in [9.17, 15) is 26.7 Å². The number of carbonyl (C=O) groups is 1. The Morgan fingerprint density at radius 1 is 0.923 bits per heavy atom. The van der Waals surface area contributed by atoms with Crippen molar-refractivity contribution in [2.45, 2.75) is 31.9 Å². The molecule has 1 aromatic carbocycles. The Balaban J connectivity index is 2.54. The lowest BCUT2D eigenvalue weighted by molar-refractivity contribution is 0.241. The van der Waals surface area contributed by atoms with Crippen LogP contribution in [-0.2, 0) is 8.85 Å². The van der Waals surface area contributed by atoms with E-state index in [1.807, 2.05) is 6.92 Å². The molecule has 0 aliphatic carbocycles. The van der Waals surface area contributed by atoms with Crippen molar-refractivity contribution in [3.63, 3.8) is 0 Å². The van der Waals surface area contributed by atoms with Crippen molar-refractivity contribution in [3.8, 4) is 0 Å². The maximum atomic E-state index is 13.5. The van der Waals surface area contributed by atoms with Gasteiger partial charge in [0.25, 0.3) is 0 Å². The number of hydrogen-bond acceptors (Lipinski definition) is 3. The first-order valence-corrected chi connectivity index (χ1v) is 10.1. The van der Waals surface area contributed by atoms with Crippen LogP contribution in [0.3, 0.4) is 0 Å². The molecule has 0 aromatic heterocycles. The molecule has 0 aliphatic rings. The van der Waals surface area contributed by atoms with Gasteiger partial charge in [0.1, 0.15) is 5.69 Å². The molecule has 1 aromatic rings. The zero-order chi connectivity index (χ0) is 19.9. The van der Waals surface area contributed by atoms with Crippen LogP contribution >= 0.6 is 0 Å². The van der Waals surface area contributed by atoms with Gasteiger partial charge in [-0.1, -0.05) is 6.92 Å². The highest BCUT2D eigenvalue weighted by Crippen LogP contribution is 2.27. The second-order valence-electron chi connectivity index (χ2n) is 5.46. The molecule has 2 amide bonds. The van der Waals surface area contributed by atoms with E-state index in [2.05, 4.69) is 5.32 Å². The van der Waals surface area contributed by atoms with E-state index in [1.165, 1.54) is 0 Å². The monoisotopic (exact) mass is 400 g/mol. The standard InChI is InChI=1S/C15H21F5N2O3Si/c1-4-26(24-2,25-3)8-6-5-7-21-15(23)22-14-12(19)10(17)9(16)11(18)13(14)20/h4-8H2,1-3H3,(H2,21,22,23). The molecule has 148 valence electrons. The molecule has 26 heavy (non-hydrogen) atoms. The van der Waals surface area contributed by atoms with Crippen LogP contribution < -0.4 is 10.6 Å². The Labute approximate surface area is 149 Å². The van der Waals surface area contributed by atoms with Gasteiger partial charge in [-0.3, -0.25) is 0 Å². The van der Waals surface area contributed by atoms with Gasteiger partial charge in [-0.25, -0.2) is 26.7 Å². The molecular formula is C15H21F5N2O3Si. The minimum Gasteiger partial charge on any atom is -0.398 e. The molecule has 5 nitrogen and oxygen atoms in total. The third-order valence-electron chi connectivity index (χ3n) is 4.00. The summed E-state index contributed by atoms with van der Waals surface area (Å²) in [6.45, 7) is 2.10. The molecule has 0 saturated carbocycles. The van der Waals surface area contributed by atoms with Crippen LogP contribution in [0, 0.1) is 29.1 Å². The van der Waals surface area contributed by atoms with Gasteiger partial charge in [0.2, 0.25) is 5.82 Å². The minimum atomic E-state index is -2.29. The number of benzene rings is 1. The molecule has 2 N–H and O–H groups in total. The molecule has 0 aliphatic heterocycles. The fourth-order valence-corrected chi connectivity index (χ4v) is 4.64. The van der Waals surface area contributed by atoms with Gasteiger partial charge < -0.3 is 19.5 Å². The lowest BCUT2D eigenvalue weighted by Gasteiger charge is -2.25. The molecule has 0 atom stereocenters. The number of rotatable bonds is 9. The van der Waals surface area contributed by atoms with Crippen molar-refractivity contribution in [1.29, 1.82) is 0 Å². The van der Waals surface area contributed by atoms with E-state index in [0.29, 0.717) is 18.9 Å². The Bertz CT molecular complexity index is 607. The summed E-state index contributed by atoms with van der Waals surface area (Å²) in [6.07, 6.45) is 1.19. The van der Waals surface area contributed by atoms with E-state index in [4.69, 9.17) is 8.85 Å². The molecule has 0 saturated heterocycles. The molecule has 0 heterocycles. The van der Waals surface area contributed by atoms with Gasteiger partial charge in [0.05, 0.1) is 0 Å². The number of urea groups is 1. The van der Waals surface area contributed by atoms with Gasteiger partial charge in [0.15, 0.2) is 23.3 Å². The predicted octanol–water partition coefficient (Wildman–Crippen LogP) is 4.04. The summed E-state index contributed by atoms with van der Waals surface area (Å²) in [7, 11) is 0.922. The zero-order valence-corrected chi connectivity index (χ0v) is 15.7. The number of hydrogen-bond donors (Lipinski definition) is 2. The number of anilines is 1. The Morgan fingerprint density at radius 3 is 1.88 bits per heavy atom. The lowest BCUT2D eigenvalue weighted by Crippen LogP contribution is -2.39. The minimum absolute atomic E-state index is 0.142. The summed E-state index contributed by atoms with van der Waals surface area (Å²) < 4.78 is 76.9. The lowest BCUT2D eigenvalue weighted by atomic mass is 10.2. The molecule has 0 radical (unpaired) electrons. The van der Waals surface area contributed by atoms with E-state index in [-0.39, 0.29) is 6.54 Å². The van der Waals surface area contributed by atoms with Crippen molar-refractivity contribution >= 4 is 20.3 Å². The third kappa shape index (κ3) is 5.14. The first kappa shape index (κ1) is 22.3. The molecule has 0 bridgehead atoms. The van der Waals surface area contributed by atoms with Crippen molar-refractivity contribution < 1.29 is 35.6 Å². The smallest absolute Gasteiger partial charge is 0.337 e. The van der Waals surface area contributed by atoms with Crippen LogP contribution in [0.4, 0.5) is 32.4 Å². The zero-order valence-electron chi connectivity index (χ0n) is 14.7. The van der Waals surface area contributed by atoms with Crippen LogP contribution in [0.1, 0.15) is 19.8 Å². The maximum Gasteiger partial charge on any atom is 0.337 e. The SMILES string of the molecule is CC[Si](CCCCNC(=O)Nc1c(F)c(F)c(F)c(F)c1F)(OC)OC. The average Bonchev–Trinajstić information content (AvgIpc) is 2.65. The highest BCUT2D eigenvalue weighted by molar-refractivity contribution is 6.67. The summed E-state index contributed by atoms with van der Waals surface area (Å²) in [5.74, 6) is -10.7. The molecule has 11 heteroatoms. The van der Waals surface area contributed by atoms with Gasteiger partial charge >= 0.3 is 14.6 Å². The van der Waals surface area contributed by atoms with Crippen molar-refractivity contribution in [2.75, 3.05) is 26.1 Å². The number of halogens is 5. The number of nitrogens with one attached hydrogen (secondary N) is 2. The van der Waals surface area contributed by atoms with E-state index < -0.39 is 49.4 Å². The first-order chi connectivity index (χ1) is 12.2. The van der Waals surface area contributed by atoms with Crippen LogP contribution in [0.2, 0.25) is 12.1 Å². The fraction of sp³-hybridized carbons (Fsp3) is 0.533. The van der Waals surface area contributed by atoms with Crippen LogP contribution in [0.5, 0.6) is 0 Å². The second-order valence-corrected chi connectivity index (χ2v) is 9.30. The predicted molar refractivity (Wildman–Crippen MR) is 87.5 cm³/mol.